The summed E-state index contributed by atoms with van der Waals surface area (Å²) in [5.74, 6) is -1.40. The summed E-state index contributed by atoms with van der Waals surface area (Å²) < 4.78 is 4.91. The van der Waals surface area contributed by atoms with Gasteiger partial charge < -0.3 is 9.84 Å². The van der Waals surface area contributed by atoms with Crippen LogP contribution in [0.1, 0.15) is 24.3 Å². The summed E-state index contributed by atoms with van der Waals surface area (Å²) in [5, 5.41) is 9.66. The van der Waals surface area contributed by atoms with E-state index in [2.05, 4.69) is 0 Å². The highest BCUT2D eigenvalue weighted by atomic mass is 35.5. The summed E-state index contributed by atoms with van der Waals surface area (Å²) in [6.45, 7) is 0.564. The number of benzene rings is 1. The third-order valence-electron chi connectivity index (χ3n) is 2.42. The second-order valence-corrected chi connectivity index (χ2v) is 3.95. The lowest BCUT2D eigenvalue weighted by Crippen LogP contribution is -2.12. The minimum absolute atomic E-state index is 0.507. The largest absolute Gasteiger partial charge is 0.481 e. The van der Waals surface area contributed by atoms with E-state index in [4.69, 9.17) is 21.4 Å². The molecule has 0 heterocycles. The molecule has 1 aromatic carbocycles. The maximum atomic E-state index is 11.1. The summed E-state index contributed by atoms with van der Waals surface area (Å²) in [5.41, 5.74) is 0.674. The number of rotatable bonds is 6. The van der Waals surface area contributed by atoms with E-state index in [1.165, 1.54) is 0 Å². The van der Waals surface area contributed by atoms with Crippen LogP contribution in [0.4, 0.5) is 0 Å². The standard InChI is InChI=1S/C12H15ClO3/c1-16-8-4-6-10(12(14)15)9-5-2-3-7-11(9)13/h2-3,5,7,10H,4,6,8H2,1H3,(H,14,15). The number of halogens is 1. The molecule has 0 aliphatic heterocycles. The molecule has 0 fully saturated rings. The molecule has 0 saturated heterocycles. The second kappa shape index (κ2) is 6.51. The van der Waals surface area contributed by atoms with E-state index < -0.39 is 11.9 Å². The Balaban J connectivity index is 2.78. The number of ether oxygens (including phenoxy) is 1. The van der Waals surface area contributed by atoms with Gasteiger partial charge in [-0.25, -0.2) is 0 Å². The average Bonchev–Trinajstić information content (AvgIpc) is 2.25. The van der Waals surface area contributed by atoms with E-state index >= 15 is 0 Å². The number of methoxy groups -OCH3 is 1. The van der Waals surface area contributed by atoms with E-state index in [9.17, 15) is 4.79 Å². The zero-order valence-corrected chi connectivity index (χ0v) is 9.91. The Hall–Kier alpha value is -1.06. The van der Waals surface area contributed by atoms with Gasteiger partial charge in [0, 0.05) is 18.7 Å². The fraction of sp³-hybridized carbons (Fsp3) is 0.417. The van der Waals surface area contributed by atoms with Gasteiger partial charge in [-0.3, -0.25) is 4.79 Å². The first-order chi connectivity index (χ1) is 7.66. The van der Waals surface area contributed by atoms with E-state index in [1.54, 1.807) is 31.4 Å². The number of aliphatic carboxylic acids is 1. The first-order valence-electron chi connectivity index (χ1n) is 5.13. The lowest BCUT2D eigenvalue weighted by atomic mass is 9.94. The third-order valence-corrected chi connectivity index (χ3v) is 2.76. The van der Waals surface area contributed by atoms with Crippen LogP contribution in [0.3, 0.4) is 0 Å². The number of hydrogen-bond acceptors (Lipinski definition) is 2. The summed E-state index contributed by atoms with van der Waals surface area (Å²) >= 11 is 5.98. The van der Waals surface area contributed by atoms with Gasteiger partial charge in [0.1, 0.15) is 0 Å². The highest BCUT2D eigenvalue weighted by Crippen LogP contribution is 2.28. The van der Waals surface area contributed by atoms with Crippen molar-refractivity contribution in [2.24, 2.45) is 0 Å². The lowest BCUT2D eigenvalue weighted by molar-refractivity contribution is -0.139. The molecular weight excluding hydrogens is 228 g/mol. The molecule has 1 rings (SSSR count). The van der Waals surface area contributed by atoms with Crippen LogP contribution in [-0.4, -0.2) is 24.8 Å². The molecule has 1 aromatic rings. The molecule has 0 aliphatic carbocycles. The molecule has 0 amide bonds. The van der Waals surface area contributed by atoms with Crippen molar-refractivity contribution in [2.75, 3.05) is 13.7 Å². The maximum Gasteiger partial charge on any atom is 0.311 e. The molecule has 0 aliphatic rings. The van der Waals surface area contributed by atoms with Crippen LogP contribution in [-0.2, 0) is 9.53 Å². The number of carboxylic acids is 1. The van der Waals surface area contributed by atoms with Gasteiger partial charge in [-0.15, -0.1) is 0 Å². The first-order valence-corrected chi connectivity index (χ1v) is 5.50. The first kappa shape index (κ1) is 13.0. The molecule has 88 valence electrons. The van der Waals surface area contributed by atoms with Crippen LogP contribution in [0.5, 0.6) is 0 Å². The topological polar surface area (TPSA) is 46.5 Å². The van der Waals surface area contributed by atoms with Crippen molar-refractivity contribution >= 4 is 17.6 Å². The smallest absolute Gasteiger partial charge is 0.311 e. The summed E-state index contributed by atoms with van der Waals surface area (Å²) in [4.78, 5) is 11.1. The van der Waals surface area contributed by atoms with Crippen molar-refractivity contribution < 1.29 is 14.6 Å². The van der Waals surface area contributed by atoms with Gasteiger partial charge in [0.15, 0.2) is 0 Å². The van der Waals surface area contributed by atoms with Gasteiger partial charge in [0.2, 0.25) is 0 Å². The van der Waals surface area contributed by atoms with Crippen LogP contribution in [0.2, 0.25) is 5.02 Å². The average molecular weight is 243 g/mol. The van der Waals surface area contributed by atoms with Gasteiger partial charge in [0.25, 0.3) is 0 Å². The summed E-state index contributed by atoms with van der Waals surface area (Å²) in [6, 6.07) is 7.06. The second-order valence-electron chi connectivity index (χ2n) is 3.55. The normalized spacial score (nSPS) is 12.4. The molecule has 4 heteroatoms. The van der Waals surface area contributed by atoms with Crippen LogP contribution in [0.25, 0.3) is 0 Å². The Bertz CT molecular complexity index is 352. The Morgan fingerprint density at radius 1 is 1.50 bits per heavy atom. The van der Waals surface area contributed by atoms with Crippen molar-refractivity contribution in [3.63, 3.8) is 0 Å². The van der Waals surface area contributed by atoms with E-state index in [1.807, 2.05) is 0 Å². The maximum absolute atomic E-state index is 11.1. The molecule has 16 heavy (non-hydrogen) atoms. The van der Waals surface area contributed by atoms with Crippen molar-refractivity contribution in [1.82, 2.24) is 0 Å². The molecule has 0 spiro atoms. The van der Waals surface area contributed by atoms with Gasteiger partial charge >= 0.3 is 5.97 Å². The molecule has 1 unspecified atom stereocenters. The zero-order valence-electron chi connectivity index (χ0n) is 9.15. The summed E-state index contributed by atoms with van der Waals surface area (Å²) in [7, 11) is 1.60. The van der Waals surface area contributed by atoms with Crippen LogP contribution in [0, 0.1) is 0 Å². The monoisotopic (exact) mass is 242 g/mol. The van der Waals surface area contributed by atoms with E-state index in [-0.39, 0.29) is 0 Å². The Labute approximate surface area is 100.0 Å². The number of carboxylic acid groups (broad SMARTS) is 1. The fourth-order valence-electron chi connectivity index (χ4n) is 1.60. The van der Waals surface area contributed by atoms with Crippen LogP contribution < -0.4 is 0 Å². The van der Waals surface area contributed by atoms with Crippen LogP contribution in [0.15, 0.2) is 24.3 Å². The van der Waals surface area contributed by atoms with Gasteiger partial charge in [-0.05, 0) is 24.5 Å². The van der Waals surface area contributed by atoms with Crippen molar-refractivity contribution in [2.45, 2.75) is 18.8 Å². The minimum Gasteiger partial charge on any atom is -0.481 e. The zero-order chi connectivity index (χ0) is 12.0. The van der Waals surface area contributed by atoms with Crippen molar-refractivity contribution in [1.29, 1.82) is 0 Å². The Morgan fingerprint density at radius 3 is 2.75 bits per heavy atom. The molecule has 0 saturated carbocycles. The molecule has 0 radical (unpaired) electrons. The van der Waals surface area contributed by atoms with Crippen molar-refractivity contribution in [3.8, 4) is 0 Å². The predicted molar refractivity (Wildman–Crippen MR) is 62.9 cm³/mol. The van der Waals surface area contributed by atoms with Gasteiger partial charge in [0.05, 0.1) is 5.92 Å². The predicted octanol–water partition coefficient (Wildman–Crippen LogP) is 2.93. The molecule has 1 atom stereocenters. The SMILES string of the molecule is COCCCC(C(=O)O)c1ccccc1Cl. The molecule has 0 bridgehead atoms. The number of hydrogen-bond donors (Lipinski definition) is 1. The Kier molecular flexibility index (Phi) is 5.29. The highest BCUT2D eigenvalue weighted by molar-refractivity contribution is 6.31. The molecule has 3 nitrogen and oxygen atoms in total. The van der Waals surface area contributed by atoms with E-state index in [0.29, 0.717) is 30.0 Å². The summed E-state index contributed by atoms with van der Waals surface area (Å²) in [6.07, 6.45) is 1.24. The lowest BCUT2D eigenvalue weighted by Gasteiger charge is -2.13. The quantitative estimate of drug-likeness (QED) is 0.781. The third kappa shape index (κ3) is 3.51. The highest BCUT2D eigenvalue weighted by Gasteiger charge is 2.21. The number of carbonyl (C=O) groups is 1. The molecule has 1 N–H and O–H groups in total. The van der Waals surface area contributed by atoms with Gasteiger partial charge in [-0.1, -0.05) is 29.8 Å². The van der Waals surface area contributed by atoms with Crippen LogP contribution >= 0.6 is 11.6 Å². The molecular formula is C12H15ClO3. The van der Waals surface area contributed by atoms with Crippen molar-refractivity contribution in [3.05, 3.63) is 34.9 Å². The Morgan fingerprint density at radius 2 is 2.19 bits per heavy atom. The van der Waals surface area contributed by atoms with Gasteiger partial charge in [-0.2, -0.15) is 0 Å². The van der Waals surface area contributed by atoms with E-state index in [0.717, 1.165) is 0 Å². The minimum atomic E-state index is -0.843. The fourth-order valence-corrected chi connectivity index (χ4v) is 1.87. The molecule has 0 aromatic heterocycles.